The number of anilines is 2. The summed E-state index contributed by atoms with van der Waals surface area (Å²) in [5, 5.41) is 7.66. The van der Waals surface area contributed by atoms with Crippen molar-refractivity contribution >= 4 is 34.2 Å². The van der Waals surface area contributed by atoms with Crippen molar-refractivity contribution in [3.05, 3.63) is 70.4 Å². The number of alkyl halides is 3. The van der Waals surface area contributed by atoms with Crippen LogP contribution >= 0.6 is 11.3 Å². The Bertz CT molecular complexity index is 1180. The second-order valence-corrected chi connectivity index (χ2v) is 6.98. The van der Waals surface area contributed by atoms with Crippen molar-refractivity contribution in [2.45, 2.75) is 6.18 Å². The van der Waals surface area contributed by atoms with Crippen molar-refractivity contribution in [2.24, 2.45) is 0 Å². The number of nitrogens with zero attached hydrogens (tertiary/aromatic N) is 2. The fourth-order valence-electron chi connectivity index (χ4n) is 2.28. The Labute approximate surface area is 178 Å². The van der Waals surface area contributed by atoms with Gasteiger partial charge in [-0.1, -0.05) is 23.3 Å². The lowest BCUT2D eigenvalue weighted by Gasteiger charge is -2.09. The zero-order valence-electron chi connectivity index (χ0n) is 15.9. The Kier molecular flexibility index (Phi) is 6.52. The second-order valence-electron chi connectivity index (χ2n) is 5.95. The van der Waals surface area contributed by atoms with E-state index in [1.165, 1.54) is 36.7 Å². The second kappa shape index (κ2) is 9.27. The Balaban J connectivity index is 1.72. The molecule has 0 saturated heterocycles. The van der Waals surface area contributed by atoms with Crippen LogP contribution < -0.4 is 16.0 Å². The van der Waals surface area contributed by atoms with Crippen molar-refractivity contribution < 1.29 is 22.8 Å². The number of hydrogen-bond donors (Lipinski definition) is 3. The van der Waals surface area contributed by atoms with Crippen LogP contribution in [0.5, 0.6) is 0 Å². The van der Waals surface area contributed by atoms with E-state index < -0.39 is 23.7 Å². The number of rotatable bonds is 3. The summed E-state index contributed by atoms with van der Waals surface area (Å²) >= 11 is 1.18. The summed E-state index contributed by atoms with van der Waals surface area (Å²) in [5.41, 5.74) is -0.191. The molecule has 0 atom stereocenters. The highest BCUT2D eigenvalue weighted by Gasteiger charge is 2.30. The van der Waals surface area contributed by atoms with Crippen LogP contribution in [0.25, 0.3) is 0 Å². The molecule has 0 fully saturated rings. The van der Waals surface area contributed by atoms with Gasteiger partial charge < -0.3 is 10.6 Å². The molecule has 31 heavy (non-hydrogen) atoms. The number of urea groups is 1. The third kappa shape index (κ3) is 6.03. The Hall–Kier alpha value is -3.91. The Morgan fingerprint density at radius 3 is 2.61 bits per heavy atom. The van der Waals surface area contributed by atoms with Gasteiger partial charge >= 0.3 is 12.2 Å². The van der Waals surface area contributed by atoms with Gasteiger partial charge in [0, 0.05) is 24.4 Å². The molecular formula is C20H14F3N5O2S. The van der Waals surface area contributed by atoms with Crippen LogP contribution in [0.2, 0.25) is 0 Å². The SMILES string of the molecule is CNC(=O)Nc1ncc(C#Cc2cccc(C(=O)Nc3cc(C(F)(F)F)ccn3)c2)s1. The van der Waals surface area contributed by atoms with Gasteiger partial charge in [0.05, 0.1) is 16.6 Å². The van der Waals surface area contributed by atoms with E-state index >= 15 is 0 Å². The van der Waals surface area contributed by atoms with Crippen molar-refractivity contribution in [1.82, 2.24) is 15.3 Å². The summed E-state index contributed by atoms with van der Waals surface area (Å²) in [6.45, 7) is 0. The fraction of sp³-hybridized carbons (Fsp3) is 0.100. The van der Waals surface area contributed by atoms with Crippen LogP contribution in [-0.2, 0) is 6.18 Å². The van der Waals surface area contributed by atoms with Crippen LogP contribution in [0.3, 0.4) is 0 Å². The number of benzene rings is 1. The maximum atomic E-state index is 12.8. The number of nitrogens with one attached hydrogen (secondary N) is 3. The number of halogens is 3. The van der Waals surface area contributed by atoms with Crippen LogP contribution in [0, 0.1) is 11.8 Å². The quantitative estimate of drug-likeness (QED) is 0.532. The molecule has 0 unspecified atom stereocenters. The van der Waals surface area contributed by atoms with E-state index in [9.17, 15) is 22.8 Å². The number of carbonyl (C=O) groups is 2. The fourth-order valence-corrected chi connectivity index (χ4v) is 2.95. The molecule has 1 aromatic carbocycles. The lowest BCUT2D eigenvalue weighted by atomic mass is 10.1. The van der Waals surface area contributed by atoms with Crippen LogP contribution in [0.1, 0.15) is 26.4 Å². The molecule has 0 spiro atoms. The molecule has 0 bridgehead atoms. The lowest BCUT2D eigenvalue weighted by Crippen LogP contribution is -2.24. The van der Waals surface area contributed by atoms with Crippen molar-refractivity contribution in [1.29, 1.82) is 0 Å². The van der Waals surface area contributed by atoms with Crippen molar-refractivity contribution in [3.8, 4) is 11.8 Å². The molecule has 2 heterocycles. The number of hydrogen-bond acceptors (Lipinski definition) is 5. The van der Waals surface area contributed by atoms with Crippen LogP contribution in [0.15, 0.2) is 48.8 Å². The largest absolute Gasteiger partial charge is 0.416 e. The van der Waals surface area contributed by atoms with Gasteiger partial charge in [-0.3, -0.25) is 10.1 Å². The summed E-state index contributed by atoms with van der Waals surface area (Å²) in [5.74, 6) is 4.92. The molecule has 7 nitrogen and oxygen atoms in total. The number of thiazole rings is 1. The highest BCUT2D eigenvalue weighted by Crippen LogP contribution is 2.30. The maximum Gasteiger partial charge on any atom is 0.416 e. The topological polar surface area (TPSA) is 96.0 Å². The van der Waals surface area contributed by atoms with Gasteiger partial charge in [-0.2, -0.15) is 13.2 Å². The summed E-state index contributed by atoms with van der Waals surface area (Å²) in [6.07, 6.45) is -2.06. The molecule has 3 rings (SSSR count). The third-order valence-corrected chi connectivity index (χ3v) is 4.57. The molecule has 3 N–H and O–H groups in total. The van der Waals surface area contributed by atoms with Gasteiger partial charge in [0.25, 0.3) is 5.91 Å². The first-order valence-corrected chi connectivity index (χ1v) is 9.47. The smallest absolute Gasteiger partial charge is 0.341 e. The maximum absolute atomic E-state index is 12.8. The van der Waals surface area contributed by atoms with Crippen molar-refractivity contribution in [2.75, 3.05) is 17.7 Å². The first kappa shape index (κ1) is 21.8. The standard InChI is InChI=1S/C20H14F3N5O2S/c1-24-18(30)28-19-26-11-15(31-19)6-5-12-3-2-4-13(9-12)17(29)27-16-10-14(7-8-25-16)20(21,22)23/h2-4,7-11H,1H3,(H,25,27,29)(H2,24,26,28,30). The minimum Gasteiger partial charge on any atom is -0.341 e. The normalized spacial score (nSPS) is 10.6. The first-order valence-electron chi connectivity index (χ1n) is 8.66. The number of aromatic nitrogens is 2. The number of carbonyl (C=O) groups excluding carboxylic acids is 2. The van der Waals surface area contributed by atoms with E-state index in [1.54, 1.807) is 12.1 Å². The molecule has 0 aliphatic heterocycles. The minimum atomic E-state index is -4.54. The number of amides is 3. The molecule has 0 saturated carbocycles. The predicted molar refractivity (Wildman–Crippen MR) is 110 cm³/mol. The van der Waals surface area contributed by atoms with Gasteiger partial charge in [-0.05, 0) is 36.3 Å². The van der Waals surface area contributed by atoms with Gasteiger partial charge in [-0.25, -0.2) is 14.8 Å². The van der Waals surface area contributed by atoms with E-state index in [2.05, 4.69) is 37.8 Å². The monoisotopic (exact) mass is 445 g/mol. The molecule has 2 aromatic heterocycles. The third-order valence-electron chi connectivity index (χ3n) is 3.74. The van der Waals surface area contributed by atoms with Crippen LogP contribution in [-0.4, -0.2) is 29.0 Å². The van der Waals surface area contributed by atoms with Crippen LogP contribution in [0.4, 0.5) is 28.9 Å². The molecule has 0 aliphatic carbocycles. The van der Waals surface area contributed by atoms with E-state index in [0.717, 1.165) is 18.3 Å². The van der Waals surface area contributed by atoms with Gasteiger partial charge in [0.2, 0.25) is 0 Å². The van der Waals surface area contributed by atoms with Gasteiger partial charge in [0.15, 0.2) is 5.13 Å². The van der Waals surface area contributed by atoms with Gasteiger partial charge in [-0.15, -0.1) is 0 Å². The molecule has 0 aliphatic rings. The highest BCUT2D eigenvalue weighted by atomic mass is 32.1. The summed E-state index contributed by atoms with van der Waals surface area (Å²) in [4.78, 5) is 32.0. The molecular weight excluding hydrogens is 431 g/mol. The molecule has 11 heteroatoms. The summed E-state index contributed by atoms with van der Waals surface area (Å²) in [6, 6.07) is 7.47. The zero-order chi connectivity index (χ0) is 22.4. The van der Waals surface area contributed by atoms with Crippen molar-refractivity contribution in [3.63, 3.8) is 0 Å². The Morgan fingerprint density at radius 2 is 1.87 bits per heavy atom. The Morgan fingerprint density at radius 1 is 1.06 bits per heavy atom. The minimum absolute atomic E-state index is 0.206. The molecule has 3 aromatic rings. The average Bonchev–Trinajstić information content (AvgIpc) is 3.19. The summed E-state index contributed by atoms with van der Waals surface area (Å²) < 4.78 is 38.4. The van der Waals surface area contributed by atoms with E-state index in [1.807, 2.05) is 0 Å². The molecule has 0 radical (unpaired) electrons. The first-order chi connectivity index (χ1) is 14.7. The van der Waals surface area contributed by atoms with E-state index in [4.69, 9.17) is 0 Å². The molecule has 3 amide bonds. The average molecular weight is 445 g/mol. The highest BCUT2D eigenvalue weighted by molar-refractivity contribution is 7.16. The predicted octanol–water partition coefficient (Wildman–Crippen LogP) is 3.96. The van der Waals surface area contributed by atoms with Gasteiger partial charge in [0.1, 0.15) is 5.82 Å². The lowest BCUT2D eigenvalue weighted by molar-refractivity contribution is -0.137. The molecule has 158 valence electrons. The van der Waals surface area contributed by atoms with E-state index in [0.29, 0.717) is 15.6 Å². The zero-order valence-corrected chi connectivity index (χ0v) is 16.7. The summed E-state index contributed by atoms with van der Waals surface area (Å²) in [7, 11) is 1.48. The van der Waals surface area contributed by atoms with E-state index in [-0.39, 0.29) is 11.4 Å². The number of pyridine rings is 1.